The molecule has 2 aliphatic carbocycles. The van der Waals surface area contributed by atoms with Crippen molar-refractivity contribution in [3.8, 4) is 43.9 Å². The number of halogens is 6. The maximum absolute atomic E-state index is 17.0. The first-order valence-corrected chi connectivity index (χ1v) is 21.6. The second-order valence-electron chi connectivity index (χ2n) is 16.5. The Bertz CT molecular complexity index is 2600. The number of hydrogen-bond donors (Lipinski definition) is 0. The Hall–Kier alpha value is -5.20. The molecule has 0 bridgehead atoms. The lowest BCUT2D eigenvalue weighted by molar-refractivity contribution is -0.254. The SMILES string of the molecule is COc1c(C)cc(-c2cc3c(s2)C(c2cc(C)c(OC)c(C)c2)(c2cc(C)c(OC)c(C)c2)c2sc(-c4cc(C)c(OC)c(C)c4)cc2C2=C3C(F)(F)C(F)(F)C2(F)F)cc1C. The van der Waals surface area contributed by atoms with Crippen LogP contribution in [0.3, 0.4) is 0 Å². The van der Waals surface area contributed by atoms with Crippen molar-refractivity contribution in [1.82, 2.24) is 0 Å². The molecule has 8 rings (SSSR count). The lowest BCUT2D eigenvalue weighted by Gasteiger charge is -2.37. The summed E-state index contributed by atoms with van der Waals surface area (Å²) < 4.78 is 123. The van der Waals surface area contributed by atoms with Gasteiger partial charge in [-0.2, -0.15) is 26.3 Å². The van der Waals surface area contributed by atoms with Gasteiger partial charge in [0.1, 0.15) is 23.0 Å². The fourth-order valence-corrected chi connectivity index (χ4v) is 12.9. The van der Waals surface area contributed by atoms with Gasteiger partial charge in [-0.15, -0.1) is 22.7 Å². The number of fused-ring (bicyclic) bond motifs is 4. The van der Waals surface area contributed by atoms with Crippen LogP contribution in [0.25, 0.3) is 32.0 Å². The van der Waals surface area contributed by atoms with E-state index in [1.165, 1.54) is 12.1 Å². The average Bonchev–Trinajstić information content (AvgIpc) is 3.83. The van der Waals surface area contributed by atoms with Crippen molar-refractivity contribution in [1.29, 1.82) is 0 Å². The van der Waals surface area contributed by atoms with Crippen molar-refractivity contribution < 1.29 is 45.3 Å². The van der Waals surface area contributed by atoms with Crippen LogP contribution < -0.4 is 18.9 Å². The van der Waals surface area contributed by atoms with E-state index in [9.17, 15) is 0 Å². The molecule has 2 aliphatic rings. The van der Waals surface area contributed by atoms with Crippen molar-refractivity contribution in [2.75, 3.05) is 28.4 Å². The molecule has 0 unspecified atom stereocenters. The van der Waals surface area contributed by atoms with Gasteiger partial charge < -0.3 is 18.9 Å². The number of ether oxygens (including phenoxy) is 4. The van der Waals surface area contributed by atoms with Gasteiger partial charge in [-0.05, 0) is 159 Å². The van der Waals surface area contributed by atoms with E-state index in [0.717, 1.165) is 44.9 Å². The van der Waals surface area contributed by atoms with Gasteiger partial charge in [0.25, 0.3) is 0 Å². The van der Waals surface area contributed by atoms with Crippen LogP contribution in [0.4, 0.5) is 26.3 Å². The van der Waals surface area contributed by atoms with Gasteiger partial charge in [-0.1, -0.05) is 24.3 Å². The number of rotatable bonds is 8. The second-order valence-corrected chi connectivity index (χ2v) is 18.6. The molecule has 0 amide bonds. The summed E-state index contributed by atoms with van der Waals surface area (Å²) in [6.45, 7) is 14.8. The molecule has 0 aliphatic heterocycles. The van der Waals surface area contributed by atoms with Gasteiger partial charge in [0, 0.05) is 41.8 Å². The highest BCUT2D eigenvalue weighted by Crippen LogP contribution is 2.70. The zero-order valence-corrected chi connectivity index (χ0v) is 38.1. The fourth-order valence-electron chi connectivity index (χ4n) is 10.0. The van der Waals surface area contributed by atoms with Gasteiger partial charge >= 0.3 is 17.8 Å². The van der Waals surface area contributed by atoms with E-state index in [0.29, 0.717) is 77.3 Å². The first-order chi connectivity index (χ1) is 29.1. The number of benzene rings is 4. The minimum absolute atomic E-state index is 0.196. The highest BCUT2D eigenvalue weighted by atomic mass is 32.1. The van der Waals surface area contributed by atoms with Crippen LogP contribution in [-0.4, -0.2) is 46.2 Å². The number of allylic oxidation sites excluding steroid dienone is 2. The predicted octanol–water partition coefficient (Wildman–Crippen LogP) is 14.2. The van der Waals surface area contributed by atoms with Crippen LogP contribution in [0.5, 0.6) is 23.0 Å². The molecule has 324 valence electrons. The number of alkyl halides is 6. The molecule has 2 heterocycles. The van der Waals surface area contributed by atoms with Crippen molar-refractivity contribution >= 4 is 33.8 Å². The van der Waals surface area contributed by atoms with Crippen LogP contribution in [0.15, 0.2) is 60.7 Å². The number of aryl methyl sites for hydroxylation is 8. The molecule has 0 atom stereocenters. The lowest BCUT2D eigenvalue weighted by Crippen LogP contribution is -2.49. The zero-order chi connectivity index (χ0) is 45.2. The van der Waals surface area contributed by atoms with Crippen LogP contribution in [0.1, 0.15) is 76.5 Å². The number of methoxy groups -OCH3 is 4. The van der Waals surface area contributed by atoms with Crippen molar-refractivity contribution in [3.63, 3.8) is 0 Å². The third-order valence-corrected chi connectivity index (χ3v) is 15.1. The molecule has 12 heteroatoms. The third kappa shape index (κ3) is 5.84. The minimum atomic E-state index is -5.76. The third-order valence-electron chi connectivity index (χ3n) is 12.4. The lowest BCUT2D eigenvalue weighted by atomic mass is 9.68. The average molecular weight is 889 g/mol. The number of hydrogen-bond acceptors (Lipinski definition) is 6. The maximum Gasteiger partial charge on any atom is 0.380 e. The van der Waals surface area contributed by atoms with Crippen LogP contribution >= 0.6 is 22.7 Å². The van der Waals surface area contributed by atoms with Crippen molar-refractivity contribution in [2.45, 2.75) is 78.6 Å². The minimum Gasteiger partial charge on any atom is -0.496 e. The molecule has 0 saturated carbocycles. The topological polar surface area (TPSA) is 36.9 Å². The normalized spacial score (nSPS) is 16.7. The summed E-state index contributed by atoms with van der Waals surface area (Å²) >= 11 is 2.26. The van der Waals surface area contributed by atoms with E-state index in [2.05, 4.69) is 0 Å². The van der Waals surface area contributed by atoms with Gasteiger partial charge in [-0.3, -0.25) is 0 Å². The molecule has 62 heavy (non-hydrogen) atoms. The number of thiophene rings is 2. The first-order valence-electron chi connectivity index (χ1n) is 19.9. The monoisotopic (exact) mass is 888 g/mol. The Balaban J connectivity index is 1.65. The van der Waals surface area contributed by atoms with Crippen LogP contribution in [-0.2, 0) is 5.41 Å². The molecular weight excluding hydrogens is 843 g/mol. The van der Waals surface area contributed by atoms with E-state index in [4.69, 9.17) is 18.9 Å². The Morgan fingerprint density at radius 2 is 0.645 bits per heavy atom. The molecule has 4 aromatic carbocycles. The first kappa shape index (κ1) is 43.4. The summed E-state index contributed by atoms with van der Waals surface area (Å²) in [6, 6.07) is 17.7. The molecule has 0 spiro atoms. The van der Waals surface area contributed by atoms with E-state index >= 15 is 26.3 Å². The van der Waals surface area contributed by atoms with Gasteiger partial charge in [0.15, 0.2) is 0 Å². The van der Waals surface area contributed by atoms with Crippen LogP contribution in [0, 0.1) is 55.4 Å². The van der Waals surface area contributed by atoms with E-state index in [1.54, 1.807) is 28.4 Å². The zero-order valence-electron chi connectivity index (χ0n) is 36.5. The summed E-state index contributed by atoms with van der Waals surface area (Å²) in [7, 11) is 6.20. The maximum atomic E-state index is 17.0. The molecular formula is C50H46F6O4S2. The van der Waals surface area contributed by atoms with E-state index < -0.39 is 34.3 Å². The van der Waals surface area contributed by atoms with Gasteiger partial charge in [-0.25, -0.2) is 0 Å². The Kier molecular flexibility index (Phi) is 10.3. The summed E-state index contributed by atoms with van der Waals surface area (Å²) in [4.78, 5) is 1.25. The Morgan fingerprint density at radius 3 is 0.903 bits per heavy atom. The predicted molar refractivity (Wildman–Crippen MR) is 237 cm³/mol. The molecule has 2 aromatic heterocycles. The Morgan fingerprint density at radius 1 is 0.387 bits per heavy atom. The van der Waals surface area contributed by atoms with Gasteiger partial charge in [0.2, 0.25) is 0 Å². The van der Waals surface area contributed by atoms with Crippen molar-refractivity contribution in [3.05, 3.63) is 137 Å². The Labute approximate surface area is 365 Å². The highest BCUT2D eigenvalue weighted by molar-refractivity contribution is 7.18. The summed E-state index contributed by atoms with van der Waals surface area (Å²) in [6.07, 6.45) is 0. The fraction of sp³-hybridized carbons (Fsp3) is 0.320. The smallest absolute Gasteiger partial charge is 0.380 e. The van der Waals surface area contributed by atoms with Crippen LogP contribution in [0.2, 0.25) is 0 Å². The molecule has 0 N–H and O–H groups in total. The molecule has 0 saturated heterocycles. The summed E-state index contributed by atoms with van der Waals surface area (Å²) in [5.74, 6) is -13.9. The molecule has 0 fully saturated rings. The summed E-state index contributed by atoms with van der Waals surface area (Å²) in [5, 5.41) is 0. The van der Waals surface area contributed by atoms with E-state index in [-0.39, 0.29) is 20.9 Å². The highest BCUT2D eigenvalue weighted by Gasteiger charge is 2.81. The van der Waals surface area contributed by atoms with Crippen molar-refractivity contribution in [2.24, 2.45) is 0 Å². The summed E-state index contributed by atoms with van der Waals surface area (Å²) in [5.41, 5.74) is 2.97. The second kappa shape index (κ2) is 14.7. The molecule has 6 aromatic rings. The van der Waals surface area contributed by atoms with E-state index in [1.807, 2.05) is 104 Å². The molecule has 4 nitrogen and oxygen atoms in total. The quantitative estimate of drug-likeness (QED) is 0.143. The standard InChI is InChI=1S/C50H46F6O4S2/c1-23-13-31(14-24(2)41(23)57-9)37-21-35-39-40(49(53,54)50(55,56)48(39,51)52)36-22-38(32-15-25(3)42(58-10)26(4)16-32)62-46(36)47(45(35)61-37,33-17-27(5)43(59-11)28(6)18-33)34-19-29(7)44(60-12)30(8)20-34/h13-22H,1-12H3. The molecule has 0 radical (unpaired) electrons. The largest absolute Gasteiger partial charge is 0.496 e. The van der Waals surface area contributed by atoms with Gasteiger partial charge in [0.05, 0.1) is 33.9 Å².